The number of rotatable bonds is 19. The van der Waals surface area contributed by atoms with E-state index in [9.17, 15) is 22.8 Å². The number of ether oxygens (including phenoxy) is 5. The van der Waals surface area contributed by atoms with E-state index < -0.39 is 21.8 Å². The van der Waals surface area contributed by atoms with Gasteiger partial charge in [0.25, 0.3) is 5.91 Å². The fourth-order valence-corrected chi connectivity index (χ4v) is 9.40. The Hall–Kier alpha value is -6.78. The van der Waals surface area contributed by atoms with Crippen LogP contribution in [0.4, 0.5) is 5.69 Å². The van der Waals surface area contributed by atoms with Crippen molar-refractivity contribution in [1.29, 1.82) is 0 Å². The molecule has 1 atom stereocenters. The Morgan fingerprint density at radius 2 is 1.38 bits per heavy atom. The Morgan fingerprint density at radius 1 is 0.676 bits per heavy atom. The van der Waals surface area contributed by atoms with Crippen LogP contribution in [0.25, 0.3) is 21.9 Å². The van der Waals surface area contributed by atoms with Crippen LogP contribution in [0, 0.1) is 0 Å². The normalized spacial score (nSPS) is 16.5. The molecule has 6 aromatic rings. The molecule has 0 aliphatic carbocycles. The molecule has 3 aliphatic heterocycles. The number of hydrogen-bond donors (Lipinski definition) is 1. The number of amides is 3. The zero-order valence-corrected chi connectivity index (χ0v) is 38.8. The number of nitrogens with one attached hydrogen (secondary N) is 1. The predicted molar refractivity (Wildman–Crippen MR) is 258 cm³/mol. The molecule has 9 rings (SSSR count). The highest BCUT2D eigenvalue weighted by Gasteiger charge is 2.39. The molecule has 1 N–H and O–H groups in total. The highest BCUT2D eigenvalue weighted by molar-refractivity contribution is 7.90. The summed E-state index contributed by atoms with van der Waals surface area (Å²) in [7, 11) is -3.35. The second-order valence-electron chi connectivity index (χ2n) is 17.1. The topological polar surface area (TPSA) is 153 Å². The van der Waals surface area contributed by atoms with Crippen molar-refractivity contribution in [2.24, 2.45) is 0 Å². The van der Waals surface area contributed by atoms with E-state index in [1.165, 1.54) is 6.26 Å². The fourth-order valence-electron chi connectivity index (χ4n) is 8.77. The lowest BCUT2D eigenvalue weighted by Crippen LogP contribution is -2.52. The molecule has 0 aromatic heterocycles. The number of piperidine rings is 1. The number of carbonyl (C=O) groups excluding carboxylic acids is 3. The third-order valence-corrected chi connectivity index (χ3v) is 13.6. The van der Waals surface area contributed by atoms with Crippen molar-refractivity contribution in [2.45, 2.75) is 36.9 Å². The SMILES string of the molecule is CS(=O)(=O)c1ccc(-c2ccc3cc(OCc4ccccc4)ccc3c2Oc2ccc(OCCOCCOCCN3CCN(c4ccc5c(c4)CN(C4CCC(=O)NC4=O)C5=O)CC3)cc2)cc1. The summed E-state index contributed by atoms with van der Waals surface area (Å²) in [6, 6.07) is 39.4. The molecular weight excluding hydrogens is 885 g/mol. The van der Waals surface area contributed by atoms with E-state index in [-0.39, 0.29) is 23.1 Å². The summed E-state index contributed by atoms with van der Waals surface area (Å²) in [5, 5.41) is 4.17. The monoisotopic (exact) mass is 938 g/mol. The van der Waals surface area contributed by atoms with E-state index >= 15 is 0 Å². The molecule has 0 radical (unpaired) electrons. The lowest BCUT2D eigenvalue weighted by atomic mass is 9.99. The number of fused-ring (bicyclic) bond motifs is 2. The van der Waals surface area contributed by atoms with Gasteiger partial charge < -0.3 is 33.5 Å². The molecule has 15 heteroatoms. The maximum Gasteiger partial charge on any atom is 0.255 e. The highest BCUT2D eigenvalue weighted by Crippen LogP contribution is 2.41. The van der Waals surface area contributed by atoms with Gasteiger partial charge >= 0.3 is 0 Å². The number of benzene rings is 6. The first-order valence-corrected chi connectivity index (χ1v) is 24.8. The third kappa shape index (κ3) is 11.1. The molecule has 68 heavy (non-hydrogen) atoms. The molecule has 3 heterocycles. The van der Waals surface area contributed by atoms with Crippen LogP contribution in [-0.2, 0) is 42.1 Å². The highest BCUT2D eigenvalue weighted by atomic mass is 32.2. The van der Waals surface area contributed by atoms with E-state index in [4.69, 9.17) is 23.7 Å². The van der Waals surface area contributed by atoms with Gasteiger partial charge in [-0.05, 0) is 107 Å². The van der Waals surface area contributed by atoms with Crippen LogP contribution in [-0.4, -0.2) is 114 Å². The Morgan fingerprint density at radius 3 is 2.13 bits per heavy atom. The minimum atomic E-state index is -3.35. The summed E-state index contributed by atoms with van der Waals surface area (Å²) in [5.74, 6) is 1.80. The van der Waals surface area contributed by atoms with Gasteiger partial charge in [-0.2, -0.15) is 0 Å². The summed E-state index contributed by atoms with van der Waals surface area (Å²) in [4.78, 5) is 43.7. The average molecular weight is 939 g/mol. The number of anilines is 1. The number of piperazine rings is 1. The third-order valence-electron chi connectivity index (χ3n) is 12.5. The second kappa shape index (κ2) is 21.0. The minimum Gasteiger partial charge on any atom is -0.491 e. The fraction of sp³-hybridized carbons (Fsp3) is 0.302. The van der Waals surface area contributed by atoms with Crippen LogP contribution in [0.2, 0.25) is 0 Å². The first kappa shape index (κ1) is 46.3. The molecule has 3 amide bonds. The van der Waals surface area contributed by atoms with Crippen molar-refractivity contribution >= 4 is 44.0 Å². The van der Waals surface area contributed by atoms with E-state index in [1.807, 2.05) is 97.1 Å². The van der Waals surface area contributed by atoms with Crippen LogP contribution in [0.15, 0.2) is 132 Å². The number of imide groups is 1. The van der Waals surface area contributed by atoms with E-state index in [1.54, 1.807) is 29.2 Å². The maximum atomic E-state index is 13.1. The van der Waals surface area contributed by atoms with Crippen molar-refractivity contribution in [1.82, 2.24) is 15.1 Å². The van der Waals surface area contributed by atoms with Crippen LogP contribution in [0.5, 0.6) is 23.0 Å². The Bertz CT molecular complexity index is 2870. The zero-order chi connectivity index (χ0) is 47.0. The van der Waals surface area contributed by atoms with Crippen molar-refractivity contribution in [3.63, 3.8) is 0 Å². The second-order valence-corrected chi connectivity index (χ2v) is 19.1. The van der Waals surface area contributed by atoms with Gasteiger partial charge in [-0.15, -0.1) is 0 Å². The molecular formula is C53H54N4O10S. The van der Waals surface area contributed by atoms with Gasteiger partial charge in [0, 0.05) is 74.1 Å². The summed E-state index contributed by atoms with van der Waals surface area (Å²) < 4.78 is 54.7. The molecule has 2 fully saturated rings. The van der Waals surface area contributed by atoms with Gasteiger partial charge in [0.15, 0.2) is 9.84 Å². The quantitative estimate of drug-likeness (QED) is 0.0642. The standard InChI is InChI=1S/C53H54N4O10S/c1-68(61,62)45-16-7-38(8-17-45)46-18-9-39-34-44(66-36-37-5-3-2-4-6-37)15-20-47(39)51(46)67-43-13-11-42(12-14-43)65-32-31-64-30-29-63-28-27-55-23-25-56(26-24-55)41-10-19-48-40(33-41)35-57(53(48)60)49-21-22-50(58)54-52(49)59/h2-20,33-34,49H,21-32,35-36H2,1H3,(H,54,58,59). The number of sulfone groups is 1. The summed E-state index contributed by atoms with van der Waals surface area (Å²) in [6.07, 6.45) is 1.78. The van der Waals surface area contributed by atoms with Gasteiger partial charge in [-0.3, -0.25) is 24.6 Å². The van der Waals surface area contributed by atoms with E-state index in [0.717, 1.165) is 77.2 Å². The predicted octanol–water partition coefficient (Wildman–Crippen LogP) is 7.28. The lowest BCUT2D eigenvalue weighted by Gasteiger charge is -2.36. The van der Waals surface area contributed by atoms with Crippen molar-refractivity contribution in [3.05, 3.63) is 144 Å². The Balaban J connectivity index is 0.699. The minimum absolute atomic E-state index is 0.158. The number of carbonyl (C=O) groups is 3. The summed E-state index contributed by atoms with van der Waals surface area (Å²) >= 11 is 0. The van der Waals surface area contributed by atoms with Gasteiger partial charge in [0.2, 0.25) is 11.8 Å². The van der Waals surface area contributed by atoms with E-state index in [0.29, 0.717) is 75.4 Å². The molecule has 2 saturated heterocycles. The van der Waals surface area contributed by atoms with Gasteiger partial charge in [0.05, 0.1) is 31.3 Å². The molecule has 0 bridgehead atoms. The van der Waals surface area contributed by atoms with Crippen molar-refractivity contribution < 1.29 is 46.5 Å². The summed E-state index contributed by atoms with van der Waals surface area (Å²) in [5.41, 5.74) is 5.30. The molecule has 0 saturated carbocycles. The molecule has 14 nitrogen and oxygen atoms in total. The summed E-state index contributed by atoms with van der Waals surface area (Å²) in [6.45, 7) is 7.44. The zero-order valence-electron chi connectivity index (χ0n) is 37.9. The van der Waals surface area contributed by atoms with Crippen LogP contribution >= 0.6 is 0 Å². The van der Waals surface area contributed by atoms with Crippen molar-refractivity contribution in [3.8, 4) is 34.1 Å². The van der Waals surface area contributed by atoms with Gasteiger partial charge in [0.1, 0.15) is 42.3 Å². The van der Waals surface area contributed by atoms with E-state index in [2.05, 4.69) is 21.2 Å². The lowest BCUT2D eigenvalue weighted by molar-refractivity contribution is -0.136. The van der Waals surface area contributed by atoms with Crippen LogP contribution < -0.4 is 24.4 Å². The Kier molecular flexibility index (Phi) is 14.3. The van der Waals surface area contributed by atoms with Crippen molar-refractivity contribution in [2.75, 3.05) is 76.9 Å². The van der Waals surface area contributed by atoms with Gasteiger partial charge in [-0.25, -0.2) is 8.42 Å². The van der Waals surface area contributed by atoms with Crippen LogP contribution in [0.1, 0.15) is 34.3 Å². The number of hydrogen-bond acceptors (Lipinski definition) is 12. The number of nitrogens with zero attached hydrogens (tertiary/aromatic N) is 3. The average Bonchev–Trinajstić information content (AvgIpc) is 3.68. The largest absolute Gasteiger partial charge is 0.491 e. The first-order chi connectivity index (χ1) is 33.1. The first-order valence-electron chi connectivity index (χ1n) is 22.9. The molecule has 352 valence electrons. The maximum absolute atomic E-state index is 13.1. The Labute approximate surface area is 396 Å². The molecule has 3 aliphatic rings. The van der Waals surface area contributed by atoms with Gasteiger partial charge in [-0.1, -0.05) is 48.5 Å². The molecule has 6 aromatic carbocycles. The molecule has 1 unspecified atom stereocenters. The molecule has 0 spiro atoms. The smallest absolute Gasteiger partial charge is 0.255 e. The van der Waals surface area contributed by atoms with Crippen LogP contribution in [0.3, 0.4) is 0 Å².